The number of hydrogen-bond donors (Lipinski definition) is 0. The van der Waals surface area contributed by atoms with Crippen molar-refractivity contribution < 1.29 is 14.3 Å². The van der Waals surface area contributed by atoms with Gasteiger partial charge in [0.05, 0.1) is 0 Å². The van der Waals surface area contributed by atoms with Gasteiger partial charge >= 0.3 is 5.97 Å². The van der Waals surface area contributed by atoms with E-state index in [9.17, 15) is 9.59 Å². The molecule has 0 amide bonds. The highest BCUT2D eigenvalue weighted by atomic mass is 16.5. The van der Waals surface area contributed by atoms with Gasteiger partial charge in [0.1, 0.15) is 11.5 Å². The number of hydrogen-bond acceptors (Lipinski definition) is 4. The molecule has 4 nitrogen and oxygen atoms in total. The van der Waals surface area contributed by atoms with Gasteiger partial charge in [-0.25, -0.2) is 0 Å². The molecule has 0 aliphatic heterocycles. The molecule has 0 aromatic heterocycles. The Kier molecular flexibility index (Phi) is 5.94. The Morgan fingerprint density at radius 2 is 2.00 bits per heavy atom. The highest BCUT2D eigenvalue weighted by Gasteiger charge is 2.39. The first-order chi connectivity index (χ1) is 11.0. The molecule has 0 heterocycles. The van der Waals surface area contributed by atoms with Crippen molar-refractivity contribution in [1.29, 1.82) is 0 Å². The van der Waals surface area contributed by atoms with Crippen LogP contribution in [-0.4, -0.2) is 30.2 Å². The molecule has 1 aliphatic rings. The molecule has 0 atom stereocenters. The molecule has 1 aliphatic carbocycles. The van der Waals surface area contributed by atoms with Gasteiger partial charge in [-0.15, -0.1) is 0 Å². The standard InChI is InChI=1S/C19H27NO3/c1-4-5-13-20(3)19(11-9-17(22)10-12-19)16-7-6-8-18(14-16)23-15(2)21/h6-8,14H,4-5,9-13H2,1-3H3. The van der Waals surface area contributed by atoms with Crippen LogP contribution in [0.2, 0.25) is 0 Å². The summed E-state index contributed by atoms with van der Waals surface area (Å²) in [6, 6.07) is 7.78. The van der Waals surface area contributed by atoms with Crippen molar-refractivity contribution in [1.82, 2.24) is 4.90 Å². The number of carbonyl (C=O) groups excluding carboxylic acids is 2. The molecule has 0 saturated heterocycles. The second kappa shape index (κ2) is 7.73. The fraction of sp³-hybridized carbons (Fsp3) is 0.579. The summed E-state index contributed by atoms with van der Waals surface area (Å²) in [5, 5.41) is 0. The van der Waals surface area contributed by atoms with Crippen LogP contribution in [0.15, 0.2) is 24.3 Å². The highest BCUT2D eigenvalue weighted by molar-refractivity contribution is 5.79. The summed E-state index contributed by atoms with van der Waals surface area (Å²) < 4.78 is 5.25. The molecule has 1 fully saturated rings. The third-order valence-electron chi connectivity index (χ3n) is 4.85. The first-order valence-corrected chi connectivity index (χ1v) is 8.50. The summed E-state index contributed by atoms with van der Waals surface area (Å²) in [4.78, 5) is 25.3. The van der Waals surface area contributed by atoms with Crippen molar-refractivity contribution in [3.8, 4) is 5.75 Å². The molecular weight excluding hydrogens is 290 g/mol. The van der Waals surface area contributed by atoms with Gasteiger partial charge in [0.25, 0.3) is 0 Å². The zero-order valence-electron chi connectivity index (χ0n) is 14.4. The molecule has 0 N–H and O–H groups in total. The number of benzene rings is 1. The Hall–Kier alpha value is -1.68. The normalized spacial score (nSPS) is 17.3. The molecule has 2 rings (SSSR count). The molecular formula is C19H27NO3. The maximum atomic E-state index is 11.7. The van der Waals surface area contributed by atoms with Gasteiger partial charge in [0, 0.05) is 25.3 Å². The lowest BCUT2D eigenvalue weighted by Crippen LogP contribution is -2.47. The molecule has 0 spiro atoms. The van der Waals surface area contributed by atoms with Crippen molar-refractivity contribution in [3.05, 3.63) is 29.8 Å². The highest BCUT2D eigenvalue weighted by Crippen LogP contribution is 2.41. The lowest BCUT2D eigenvalue weighted by atomic mass is 9.75. The van der Waals surface area contributed by atoms with Gasteiger partial charge in [-0.2, -0.15) is 0 Å². The van der Waals surface area contributed by atoms with Gasteiger partial charge in [-0.1, -0.05) is 25.5 Å². The van der Waals surface area contributed by atoms with E-state index < -0.39 is 0 Å². The van der Waals surface area contributed by atoms with Gasteiger partial charge in [-0.05, 0) is 50.6 Å². The Bertz CT molecular complexity index is 557. The van der Waals surface area contributed by atoms with Crippen molar-refractivity contribution in [2.45, 2.75) is 57.9 Å². The van der Waals surface area contributed by atoms with Crippen LogP contribution in [0.1, 0.15) is 57.9 Å². The Labute approximate surface area is 138 Å². The van der Waals surface area contributed by atoms with E-state index in [-0.39, 0.29) is 11.5 Å². The van der Waals surface area contributed by atoms with Gasteiger partial charge in [0.2, 0.25) is 0 Å². The van der Waals surface area contributed by atoms with Crippen molar-refractivity contribution in [3.63, 3.8) is 0 Å². The molecule has 126 valence electrons. The lowest BCUT2D eigenvalue weighted by molar-refractivity contribution is -0.131. The van der Waals surface area contributed by atoms with Crippen LogP contribution in [0.3, 0.4) is 0 Å². The largest absolute Gasteiger partial charge is 0.427 e. The Morgan fingerprint density at radius 1 is 1.30 bits per heavy atom. The zero-order valence-corrected chi connectivity index (χ0v) is 14.4. The third kappa shape index (κ3) is 4.20. The van der Waals surface area contributed by atoms with Crippen molar-refractivity contribution in [2.24, 2.45) is 0 Å². The van der Waals surface area contributed by atoms with Gasteiger partial charge in [-0.3, -0.25) is 14.5 Å². The number of esters is 1. The average molecular weight is 317 g/mol. The van der Waals surface area contributed by atoms with E-state index in [1.807, 2.05) is 12.1 Å². The predicted molar refractivity (Wildman–Crippen MR) is 90.4 cm³/mol. The lowest BCUT2D eigenvalue weighted by Gasteiger charge is -2.45. The number of unbranched alkanes of at least 4 members (excludes halogenated alkanes) is 1. The van der Waals surface area contributed by atoms with Crippen molar-refractivity contribution in [2.75, 3.05) is 13.6 Å². The van der Waals surface area contributed by atoms with Gasteiger partial charge < -0.3 is 4.74 Å². The number of rotatable bonds is 6. The van der Waals surface area contributed by atoms with Crippen molar-refractivity contribution >= 4 is 11.8 Å². The average Bonchev–Trinajstić information content (AvgIpc) is 2.53. The van der Waals surface area contributed by atoms with Crippen LogP contribution in [0.4, 0.5) is 0 Å². The molecule has 0 bridgehead atoms. The number of nitrogens with zero attached hydrogens (tertiary/aromatic N) is 1. The first kappa shape index (κ1) is 17.7. The maximum Gasteiger partial charge on any atom is 0.308 e. The summed E-state index contributed by atoms with van der Waals surface area (Å²) in [5.41, 5.74) is 1.00. The van der Waals surface area contributed by atoms with Crippen LogP contribution in [0.25, 0.3) is 0 Å². The minimum absolute atomic E-state index is 0.140. The monoisotopic (exact) mass is 317 g/mol. The molecule has 1 saturated carbocycles. The summed E-state index contributed by atoms with van der Waals surface area (Å²) in [5.74, 6) is 0.616. The molecule has 0 unspecified atom stereocenters. The van der Waals surface area contributed by atoms with E-state index in [0.29, 0.717) is 24.4 Å². The molecule has 23 heavy (non-hydrogen) atoms. The van der Waals surface area contributed by atoms with Crippen LogP contribution < -0.4 is 4.74 Å². The SMILES string of the molecule is CCCCN(C)C1(c2cccc(OC(C)=O)c2)CCC(=O)CC1. The zero-order chi connectivity index (χ0) is 16.9. The molecule has 4 heteroatoms. The van der Waals surface area contributed by atoms with E-state index in [1.165, 1.54) is 6.92 Å². The van der Waals surface area contributed by atoms with E-state index in [1.54, 1.807) is 6.07 Å². The summed E-state index contributed by atoms with van der Waals surface area (Å²) >= 11 is 0. The fourth-order valence-corrected chi connectivity index (χ4v) is 3.46. The van der Waals surface area contributed by atoms with E-state index in [0.717, 1.165) is 37.8 Å². The van der Waals surface area contributed by atoms with Crippen LogP contribution in [-0.2, 0) is 15.1 Å². The van der Waals surface area contributed by atoms with Crippen LogP contribution >= 0.6 is 0 Å². The van der Waals surface area contributed by atoms with E-state index in [2.05, 4.69) is 24.9 Å². The van der Waals surface area contributed by atoms with Crippen LogP contribution in [0.5, 0.6) is 5.75 Å². The molecule has 1 aromatic rings. The van der Waals surface area contributed by atoms with Crippen LogP contribution in [0, 0.1) is 0 Å². The number of ketones is 1. The second-order valence-electron chi connectivity index (χ2n) is 6.47. The minimum Gasteiger partial charge on any atom is -0.427 e. The summed E-state index contributed by atoms with van der Waals surface area (Å²) in [6.45, 7) is 4.60. The third-order valence-corrected chi connectivity index (χ3v) is 4.85. The number of carbonyl (C=O) groups is 2. The Morgan fingerprint density at radius 3 is 2.61 bits per heavy atom. The summed E-state index contributed by atoms with van der Waals surface area (Å²) in [6.07, 6.45) is 5.18. The maximum absolute atomic E-state index is 11.7. The first-order valence-electron chi connectivity index (χ1n) is 8.50. The Balaban J connectivity index is 2.33. The molecule has 0 radical (unpaired) electrons. The topological polar surface area (TPSA) is 46.6 Å². The van der Waals surface area contributed by atoms with Gasteiger partial charge in [0.15, 0.2) is 0 Å². The quantitative estimate of drug-likeness (QED) is 0.593. The smallest absolute Gasteiger partial charge is 0.308 e. The fourth-order valence-electron chi connectivity index (χ4n) is 3.46. The van der Waals surface area contributed by atoms with E-state index >= 15 is 0 Å². The predicted octanol–water partition coefficient (Wildman–Crippen LogP) is 3.68. The number of Topliss-reactive ketones (excluding diaryl/α,β-unsaturated/α-hetero) is 1. The molecule has 1 aromatic carbocycles. The number of ether oxygens (including phenoxy) is 1. The second-order valence-corrected chi connectivity index (χ2v) is 6.47. The summed E-state index contributed by atoms with van der Waals surface area (Å²) in [7, 11) is 2.14. The van der Waals surface area contributed by atoms with E-state index in [4.69, 9.17) is 4.74 Å². The minimum atomic E-state index is -0.311.